The van der Waals surface area contributed by atoms with E-state index in [0.29, 0.717) is 0 Å². The fraction of sp³-hybridized carbons (Fsp3) is 0.0189. The van der Waals surface area contributed by atoms with Crippen molar-refractivity contribution in [3.05, 3.63) is 222 Å². The van der Waals surface area contributed by atoms with Crippen LogP contribution in [0.3, 0.4) is 0 Å². The van der Waals surface area contributed by atoms with Crippen molar-refractivity contribution >= 4 is 73.1 Å². The molecule has 0 bridgehead atoms. The molecular weight excluding hydrogens is 731 g/mol. The van der Waals surface area contributed by atoms with Gasteiger partial charge in [0, 0.05) is 27.8 Å². The van der Waals surface area contributed by atoms with Crippen LogP contribution in [0.25, 0.3) is 66.1 Å². The number of thiol groups is 2. The Morgan fingerprint density at radius 3 is 1.70 bits per heavy atom. The Morgan fingerprint density at radius 1 is 0.368 bits per heavy atom. The molecule has 2 nitrogen and oxygen atoms in total. The third-order valence-electron chi connectivity index (χ3n) is 12.1. The molecule has 1 aromatic heterocycles. The van der Waals surface area contributed by atoms with E-state index in [0.717, 1.165) is 39.0 Å². The maximum absolute atomic E-state index is 6.31. The molecule has 2 aliphatic carbocycles. The van der Waals surface area contributed by atoms with Crippen LogP contribution < -0.4 is 4.90 Å². The van der Waals surface area contributed by atoms with Gasteiger partial charge in [0.2, 0.25) is 0 Å². The molecule has 0 fully saturated rings. The number of para-hydroxylation sites is 1. The lowest BCUT2D eigenvalue weighted by Gasteiger charge is -2.33. The number of nitrogens with zero attached hydrogens (tertiary/aromatic N) is 1. The van der Waals surface area contributed by atoms with Crippen LogP contribution in [0.15, 0.2) is 205 Å². The Kier molecular flexibility index (Phi) is 7.92. The number of hydrogen-bond acceptors (Lipinski definition) is 4. The smallest absolute Gasteiger partial charge is 0.135 e. The van der Waals surface area contributed by atoms with Gasteiger partial charge in [-0.2, -0.15) is 0 Å². The summed E-state index contributed by atoms with van der Waals surface area (Å²) < 4.78 is 6.31. The minimum Gasteiger partial charge on any atom is -0.456 e. The standard InChI is InChI=1S/C53H33NO.H2S2/c1-2-12-34(13-3-1)35-22-25-37(26-23-35)54(38-28-31-51-46(32-38)44-18-8-11-21-50(44)55-51)39-27-30-43-41-16-6-9-19-47(41)53(49(43)33-39)48-20-10-7-17-42(48)45-29-24-36-14-4-5-15-40(36)52(45)53;1-2/h1-33H;1-2H. The predicted octanol–water partition coefficient (Wildman–Crippen LogP) is 15.0. The van der Waals surface area contributed by atoms with Gasteiger partial charge in [-0.15, -0.1) is 23.3 Å². The second-order valence-corrected chi connectivity index (χ2v) is 14.8. The summed E-state index contributed by atoms with van der Waals surface area (Å²) in [7, 11) is 0. The third-order valence-corrected chi connectivity index (χ3v) is 12.1. The molecule has 1 atom stereocenters. The summed E-state index contributed by atoms with van der Waals surface area (Å²) in [5.74, 6) is 0. The van der Waals surface area contributed by atoms with E-state index in [2.05, 4.69) is 216 Å². The fourth-order valence-corrected chi connectivity index (χ4v) is 9.78. The van der Waals surface area contributed by atoms with E-state index >= 15 is 0 Å². The highest BCUT2D eigenvalue weighted by Crippen LogP contribution is 2.64. The van der Waals surface area contributed by atoms with Gasteiger partial charge < -0.3 is 9.32 Å². The quantitative estimate of drug-likeness (QED) is 0.137. The maximum atomic E-state index is 6.31. The Hall–Kier alpha value is -6.46. The largest absolute Gasteiger partial charge is 0.456 e. The van der Waals surface area contributed by atoms with Crippen LogP contribution in [0.5, 0.6) is 0 Å². The van der Waals surface area contributed by atoms with E-state index in [1.807, 2.05) is 12.1 Å². The average Bonchev–Trinajstić information content (AvgIpc) is 3.91. The lowest BCUT2D eigenvalue weighted by Crippen LogP contribution is -2.26. The monoisotopic (exact) mass is 765 g/mol. The molecule has 12 rings (SSSR count). The average molecular weight is 766 g/mol. The van der Waals surface area contributed by atoms with E-state index < -0.39 is 5.41 Å². The number of rotatable bonds is 4. The molecule has 2 aliphatic rings. The molecule has 0 aliphatic heterocycles. The normalized spacial score (nSPS) is 14.6. The summed E-state index contributed by atoms with van der Waals surface area (Å²) in [4.78, 5) is 2.41. The van der Waals surface area contributed by atoms with Crippen LogP contribution in [-0.4, -0.2) is 0 Å². The fourth-order valence-electron chi connectivity index (χ4n) is 9.78. The molecule has 0 saturated carbocycles. The molecule has 0 amide bonds. The highest BCUT2D eigenvalue weighted by Gasteiger charge is 2.52. The van der Waals surface area contributed by atoms with Crippen LogP contribution in [0.2, 0.25) is 0 Å². The summed E-state index contributed by atoms with van der Waals surface area (Å²) in [5, 5.41) is 4.79. The van der Waals surface area contributed by atoms with Crippen LogP contribution in [0.4, 0.5) is 17.1 Å². The lowest BCUT2D eigenvalue weighted by atomic mass is 9.69. The van der Waals surface area contributed by atoms with E-state index in [9.17, 15) is 0 Å². The molecule has 4 heteroatoms. The lowest BCUT2D eigenvalue weighted by molar-refractivity contribution is 0.669. The Morgan fingerprint density at radius 2 is 0.912 bits per heavy atom. The minimum atomic E-state index is -0.484. The second kappa shape index (κ2) is 13.3. The summed E-state index contributed by atoms with van der Waals surface area (Å²) >= 11 is 6.44. The van der Waals surface area contributed by atoms with E-state index in [1.165, 1.54) is 66.4 Å². The zero-order chi connectivity index (χ0) is 38.1. The first-order valence-corrected chi connectivity index (χ1v) is 20.8. The molecule has 1 unspecified atom stereocenters. The first kappa shape index (κ1) is 33.8. The molecule has 0 N–H and O–H groups in total. The summed E-state index contributed by atoms with van der Waals surface area (Å²) in [6.07, 6.45) is 0. The van der Waals surface area contributed by atoms with Crippen LogP contribution in [0, 0.1) is 0 Å². The minimum absolute atomic E-state index is 0.484. The number of fused-ring (bicyclic) bond motifs is 15. The highest BCUT2D eigenvalue weighted by atomic mass is 33.1. The van der Waals surface area contributed by atoms with Gasteiger partial charge in [0.25, 0.3) is 0 Å². The molecule has 1 spiro atoms. The first-order chi connectivity index (χ1) is 28.3. The SMILES string of the molecule is SS.c1ccc(-c2ccc(N(c3ccc4c(c3)C3(c5ccccc5-4)c4ccccc4-c4ccc5ccccc5c43)c3ccc4oc5ccccc5c4c3)cc2)cc1. The van der Waals surface area contributed by atoms with Gasteiger partial charge in [-0.1, -0.05) is 152 Å². The number of benzene rings is 9. The van der Waals surface area contributed by atoms with Crippen molar-refractivity contribution < 1.29 is 4.42 Å². The molecular formula is C53H35NOS2. The van der Waals surface area contributed by atoms with Crippen molar-refractivity contribution in [2.45, 2.75) is 5.41 Å². The summed E-state index contributed by atoms with van der Waals surface area (Å²) in [6, 6.07) is 73.4. The van der Waals surface area contributed by atoms with Crippen LogP contribution in [-0.2, 0) is 5.41 Å². The molecule has 0 radical (unpaired) electrons. The van der Waals surface area contributed by atoms with Crippen LogP contribution >= 0.6 is 23.3 Å². The molecule has 9 aromatic carbocycles. The highest BCUT2D eigenvalue weighted by molar-refractivity contribution is 8.59. The number of furan rings is 1. The van der Waals surface area contributed by atoms with Crippen molar-refractivity contribution in [1.82, 2.24) is 0 Å². The molecule has 270 valence electrons. The Bertz CT molecular complexity index is 3150. The topological polar surface area (TPSA) is 16.4 Å². The molecule has 0 saturated heterocycles. The van der Waals surface area contributed by atoms with Gasteiger partial charge in [-0.05, 0) is 115 Å². The van der Waals surface area contributed by atoms with Crippen LogP contribution in [0.1, 0.15) is 22.3 Å². The maximum Gasteiger partial charge on any atom is 0.135 e. The summed E-state index contributed by atoms with van der Waals surface area (Å²) in [5.41, 5.74) is 17.5. The van der Waals surface area contributed by atoms with E-state index in [4.69, 9.17) is 4.42 Å². The van der Waals surface area contributed by atoms with Gasteiger partial charge in [0.1, 0.15) is 11.2 Å². The second-order valence-electron chi connectivity index (χ2n) is 14.8. The van der Waals surface area contributed by atoms with E-state index in [1.54, 1.807) is 0 Å². The van der Waals surface area contributed by atoms with Gasteiger partial charge in [0.05, 0.1) is 5.41 Å². The molecule has 10 aromatic rings. The Labute approximate surface area is 341 Å². The van der Waals surface area contributed by atoms with Gasteiger partial charge in [-0.25, -0.2) is 0 Å². The molecule has 1 heterocycles. The van der Waals surface area contributed by atoms with Crippen molar-refractivity contribution in [2.24, 2.45) is 0 Å². The van der Waals surface area contributed by atoms with Crippen molar-refractivity contribution in [3.63, 3.8) is 0 Å². The third kappa shape index (κ3) is 4.94. The van der Waals surface area contributed by atoms with Crippen molar-refractivity contribution in [2.75, 3.05) is 4.90 Å². The summed E-state index contributed by atoms with van der Waals surface area (Å²) in [6.45, 7) is 0. The predicted molar refractivity (Wildman–Crippen MR) is 246 cm³/mol. The van der Waals surface area contributed by atoms with Crippen molar-refractivity contribution in [1.29, 1.82) is 0 Å². The number of anilines is 3. The zero-order valence-corrected chi connectivity index (χ0v) is 32.6. The van der Waals surface area contributed by atoms with Gasteiger partial charge in [0.15, 0.2) is 0 Å². The Balaban J connectivity index is 0.00000184. The van der Waals surface area contributed by atoms with Gasteiger partial charge >= 0.3 is 0 Å². The van der Waals surface area contributed by atoms with Crippen molar-refractivity contribution in [3.8, 4) is 33.4 Å². The zero-order valence-electron chi connectivity index (χ0n) is 30.8. The first-order valence-electron chi connectivity index (χ1n) is 19.2. The van der Waals surface area contributed by atoms with Gasteiger partial charge in [-0.3, -0.25) is 0 Å². The van der Waals surface area contributed by atoms with E-state index in [-0.39, 0.29) is 0 Å². The number of hydrogen-bond donors (Lipinski definition) is 2. The molecule has 57 heavy (non-hydrogen) atoms.